The van der Waals surface area contributed by atoms with Gasteiger partial charge in [-0.1, -0.05) is 26.8 Å². The monoisotopic (exact) mass is 526 g/mol. The minimum atomic E-state index is -0.761. The Kier molecular flexibility index (Phi) is 12.5. The van der Waals surface area contributed by atoms with Crippen LogP contribution in [0.4, 0.5) is 5.69 Å². The molecule has 1 heterocycles. The summed E-state index contributed by atoms with van der Waals surface area (Å²) in [6, 6.07) is -1.04. The van der Waals surface area contributed by atoms with E-state index in [4.69, 9.17) is 4.52 Å². The van der Waals surface area contributed by atoms with Crippen molar-refractivity contribution in [3.8, 4) is 0 Å². The van der Waals surface area contributed by atoms with Crippen molar-refractivity contribution in [2.45, 2.75) is 52.6 Å². The average molecular weight is 526 g/mol. The van der Waals surface area contributed by atoms with Crippen LogP contribution in [0.5, 0.6) is 0 Å². The molecule has 31 heavy (non-hydrogen) atoms. The number of anilines is 1. The van der Waals surface area contributed by atoms with Gasteiger partial charge in [-0.05, 0) is 53.7 Å². The van der Waals surface area contributed by atoms with E-state index in [0.29, 0.717) is 12.1 Å². The number of nitrogens with one attached hydrogen (secondary N) is 2. The van der Waals surface area contributed by atoms with Crippen molar-refractivity contribution < 1.29 is 14.1 Å². The Morgan fingerprint density at radius 2 is 1.84 bits per heavy atom. The maximum atomic E-state index is 13.2. The molecule has 0 aliphatic heterocycles. The van der Waals surface area contributed by atoms with Crippen LogP contribution in [-0.2, 0) is 14.1 Å². The van der Waals surface area contributed by atoms with Gasteiger partial charge in [-0.25, -0.2) is 0 Å². The molecule has 2 amide bonds. The second-order valence-corrected chi connectivity index (χ2v) is 14.7. The summed E-state index contributed by atoms with van der Waals surface area (Å²) in [6.45, 7) is 7.75. The summed E-state index contributed by atoms with van der Waals surface area (Å²) in [5, 5.41) is 5.73. The molecule has 1 rings (SSSR count). The van der Waals surface area contributed by atoms with E-state index in [1.165, 1.54) is 0 Å². The van der Waals surface area contributed by atoms with Crippen LogP contribution in [-0.4, -0.2) is 43.1 Å². The summed E-state index contributed by atoms with van der Waals surface area (Å²) in [5.41, 5.74) is 3.05. The van der Waals surface area contributed by atoms with E-state index in [1.807, 2.05) is 34.9 Å². The lowest BCUT2D eigenvalue weighted by Gasteiger charge is -2.27. The average Bonchev–Trinajstić information content (AvgIpc) is 2.68. The Morgan fingerprint density at radius 3 is 2.35 bits per heavy atom. The molecule has 0 saturated heterocycles. The van der Waals surface area contributed by atoms with Crippen LogP contribution in [0.2, 0.25) is 0 Å². The highest BCUT2D eigenvalue weighted by Crippen LogP contribution is 2.53. The standard InChI is InChI=1S/C18H35N4O4P5/c1-10-11(2)16(21(5)6)18(25)22(12(10)3)13(4)17(24)19-14(9-26-31(28)29)7-8-15(23)20-30-27/h13-14,30H,7-9,27-29H2,1-6H3,(H,19,24)(H,20,23). The van der Waals surface area contributed by atoms with Gasteiger partial charge in [0.15, 0.2) is 0 Å². The largest absolute Gasteiger partial charge is 0.373 e. The van der Waals surface area contributed by atoms with Crippen LogP contribution in [0.25, 0.3) is 0 Å². The second-order valence-electron chi connectivity index (χ2n) is 7.52. The van der Waals surface area contributed by atoms with Crippen LogP contribution in [0.15, 0.2) is 4.79 Å². The first-order valence-corrected chi connectivity index (χ1v) is 17.1. The third-order valence-electron chi connectivity index (χ3n) is 5.16. The van der Waals surface area contributed by atoms with Gasteiger partial charge >= 0.3 is 0 Å². The molecule has 1 aromatic rings. The number of carbonyl (C=O) groups excluding carboxylic acids is 2. The number of hydrogen-bond acceptors (Lipinski definition) is 5. The fourth-order valence-corrected chi connectivity index (χ4v) is 4.95. The first kappa shape index (κ1) is 28.8. The number of amides is 2. The van der Waals surface area contributed by atoms with E-state index in [2.05, 4.69) is 37.2 Å². The van der Waals surface area contributed by atoms with Gasteiger partial charge in [-0.2, -0.15) is 0 Å². The smallest absolute Gasteiger partial charge is 0.275 e. The molecule has 0 saturated carbocycles. The number of aromatic nitrogens is 1. The fraction of sp³-hybridized carbons (Fsp3) is 0.611. The summed E-state index contributed by atoms with van der Waals surface area (Å²) in [4.78, 5) is 39.9. The van der Waals surface area contributed by atoms with Gasteiger partial charge in [-0.3, -0.25) is 19.0 Å². The molecule has 6 unspecified atom stereocenters. The molecule has 6 atom stereocenters. The van der Waals surface area contributed by atoms with E-state index >= 15 is 0 Å². The highest BCUT2D eigenvalue weighted by atomic mass is 32.4. The second kappa shape index (κ2) is 13.5. The normalized spacial score (nSPS) is 13.5. The zero-order valence-corrected chi connectivity index (χ0v) is 24.3. The quantitative estimate of drug-likeness (QED) is 0.433. The van der Waals surface area contributed by atoms with Crippen LogP contribution in [0, 0.1) is 20.8 Å². The number of rotatable bonds is 11. The predicted molar refractivity (Wildman–Crippen MR) is 144 cm³/mol. The predicted octanol–water partition coefficient (Wildman–Crippen LogP) is 3.16. The first-order valence-electron chi connectivity index (χ1n) is 9.79. The highest BCUT2D eigenvalue weighted by Gasteiger charge is 2.25. The summed E-state index contributed by atoms with van der Waals surface area (Å²) < 4.78 is 7.23. The molecular formula is C18H35N4O4P5. The van der Waals surface area contributed by atoms with Crippen molar-refractivity contribution in [1.82, 2.24) is 15.0 Å². The van der Waals surface area contributed by atoms with E-state index in [-0.39, 0.29) is 44.9 Å². The highest BCUT2D eigenvalue weighted by molar-refractivity contribution is 8.41. The third kappa shape index (κ3) is 8.26. The van der Waals surface area contributed by atoms with Gasteiger partial charge in [-0.15, -0.1) is 0 Å². The maximum absolute atomic E-state index is 13.2. The maximum Gasteiger partial charge on any atom is 0.275 e. The summed E-state index contributed by atoms with van der Waals surface area (Å²) in [7, 11) is 10.8. The van der Waals surface area contributed by atoms with Gasteiger partial charge in [0.25, 0.3) is 5.56 Å². The van der Waals surface area contributed by atoms with E-state index < -0.39 is 13.6 Å². The minimum Gasteiger partial charge on any atom is -0.373 e. The molecule has 0 fully saturated rings. The zero-order chi connectivity index (χ0) is 23.9. The number of hydrogen-bond donors (Lipinski definition) is 2. The molecule has 1 aromatic heterocycles. The third-order valence-corrected chi connectivity index (χ3v) is 7.36. The van der Waals surface area contributed by atoms with E-state index in [9.17, 15) is 14.4 Å². The van der Waals surface area contributed by atoms with Crippen LogP contribution in [0.3, 0.4) is 0 Å². The molecule has 0 spiro atoms. The van der Waals surface area contributed by atoms with Crippen molar-refractivity contribution in [3.05, 3.63) is 27.2 Å². The molecule has 0 radical (unpaired) electrons. The molecular weight excluding hydrogens is 491 g/mol. The van der Waals surface area contributed by atoms with E-state index in [1.54, 1.807) is 16.4 Å². The van der Waals surface area contributed by atoms with Gasteiger partial charge in [0.2, 0.25) is 11.8 Å². The Morgan fingerprint density at radius 1 is 1.23 bits per heavy atom. The fourth-order valence-electron chi connectivity index (χ4n) is 3.31. The SMILES string of the molecule is Cc1c(C)c(C)n(C(C)C(=O)NC(CCC(=O)NPP)COP(P)P)c(=O)c1N(C)C. The molecule has 0 bridgehead atoms. The lowest BCUT2D eigenvalue weighted by Crippen LogP contribution is -2.44. The lowest BCUT2D eigenvalue weighted by atomic mass is 10.1. The Hall–Kier alpha value is -0.200. The van der Waals surface area contributed by atoms with Crippen LogP contribution in [0.1, 0.15) is 42.6 Å². The lowest BCUT2D eigenvalue weighted by molar-refractivity contribution is -0.125. The van der Waals surface area contributed by atoms with Crippen molar-refractivity contribution >= 4 is 60.2 Å². The van der Waals surface area contributed by atoms with Crippen molar-refractivity contribution in [2.24, 2.45) is 0 Å². The Bertz CT molecular complexity index is 847. The molecule has 0 aliphatic carbocycles. The van der Waals surface area contributed by atoms with Crippen molar-refractivity contribution in [2.75, 3.05) is 25.6 Å². The topological polar surface area (TPSA) is 92.7 Å². The Balaban J connectivity index is 3.13. The molecule has 176 valence electrons. The minimum absolute atomic E-state index is 0.0727. The summed E-state index contributed by atoms with van der Waals surface area (Å²) in [5.74, 6) is -0.353. The molecule has 2 N–H and O–H groups in total. The zero-order valence-electron chi connectivity index (χ0n) is 19.0. The molecule has 0 aliphatic rings. The van der Waals surface area contributed by atoms with Crippen LogP contribution < -0.4 is 20.9 Å². The van der Waals surface area contributed by atoms with Gasteiger partial charge in [0.05, 0.1) is 20.2 Å². The number of pyridine rings is 1. The van der Waals surface area contributed by atoms with Gasteiger partial charge in [0, 0.05) is 26.2 Å². The van der Waals surface area contributed by atoms with Crippen molar-refractivity contribution in [1.29, 1.82) is 0 Å². The molecule has 13 heteroatoms. The number of nitrogens with zero attached hydrogens (tertiary/aromatic N) is 2. The van der Waals surface area contributed by atoms with Crippen molar-refractivity contribution in [3.63, 3.8) is 0 Å². The van der Waals surface area contributed by atoms with E-state index in [0.717, 1.165) is 16.8 Å². The first-order chi connectivity index (χ1) is 14.4. The Labute approximate surface area is 194 Å². The molecule has 8 nitrogen and oxygen atoms in total. The summed E-state index contributed by atoms with van der Waals surface area (Å²) >= 11 is 0. The van der Waals surface area contributed by atoms with Gasteiger partial charge < -0.3 is 19.8 Å². The summed E-state index contributed by atoms with van der Waals surface area (Å²) in [6.07, 6.45) is 0.727. The van der Waals surface area contributed by atoms with Gasteiger partial charge in [0.1, 0.15) is 11.7 Å². The van der Waals surface area contributed by atoms with Crippen LogP contribution >= 0.6 is 42.7 Å². The molecule has 0 aromatic carbocycles. The number of carbonyl (C=O) groups is 2.